The average Bonchev–Trinajstić information content (AvgIpc) is 3.45. The van der Waals surface area contributed by atoms with Gasteiger partial charge in [-0.25, -0.2) is 0 Å². The second kappa shape index (κ2) is 9.85. The van der Waals surface area contributed by atoms with Gasteiger partial charge in [-0.2, -0.15) is 13.2 Å². The Labute approximate surface area is 203 Å². The first kappa shape index (κ1) is 24.2. The van der Waals surface area contributed by atoms with E-state index in [0.29, 0.717) is 25.2 Å². The third kappa shape index (κ3) is 5.35. The normalized spacial score (nSPS) is 27.2. The number of alkyl halides is 3. The maximum atomic E-state index is 13.7. The zero-order valence-electron chi connectivity index (χ0n) is 19.8. The van der Waals surface area contributed by atoms with Crippen molar-refractivity contribution >= 4 is 11.6 Å². The monoisotopic (exact) mass is 492 g/mol. The van der Waals surface area contributed by atoms with Crippen LogP contribution in [0, 0.1) is 0 Å². The fourth-order valence-electron chi connectivity index (χ4n) is 5.27. The van der Waals surface area contributed by atoms with Gasteiger partial charge in [-0.15, -0.1) is 0 Å². The Morgan fingerprint density at radius 2 is 2.03 bits per heavy atom. The van der Waals surface area contributed by atoms with Crippen LogP contribution in [0.5, 0.6) is 5.75 Å². The van der Waals surface area contributed by atoms with Crippen molar-refractivity contribution in [3.8, 4) is 5.75 Å². The Balaban J connectivity index is 1.36. The molecule has 0 bridgehead atoms. The number of amides is 1. The van der Waals surface area contributed by atoms with Gasteiger partial charge in [0.1, 0.15) is 12.4 Å². The van der Waals surface area contributed by atoms with Gasteiger partial charge >= 0.3 is 6.18 Å². The third-order valence-corrected chi connectivity index (χ3v) is 7.06. The molecule has 3 aliphatic heterocycles. The van der Waals surface area contributed by atoms with Crippen molar-refractivity contribution in [3.05, 3.63) is 46.7 Å². The Morgan fingerprint density at radius 1 is 1.17 bits per heavy atom. The van der Waals surface area contributed by atoms with Crippen LogP contribution in [0.1, 0.15) is 51.0 Å². The molecule has 1 aromatic carbocycles. The van der Waals surface area contributed by atoms with Gasteiger partial charge in [0.15, 0.2) is 0 Å². The van der Waals surface area contributed by atoms with E-state index in [1.807, 2.05) is 13.0 Å². The number of ether oxygens (including phenoxy) is 3. The molecule has 5 rings (SSSR count). The number of hydrogen-bond acceptors (Lipinski definition) is 5. The Hall–Kier alpha value is -2.52. The number of carbonyl (C=O) groups excluding carboxylic acids is 1. The number of allylic oxidation sites excluding steroid dienone is 1. The lowest BCUT2D eigenvalue weighted by molar-refractivity contribution is -0.137. The minimum absolute atomic E-state index is 0.0908. The topological polar surface area (TPSA) is 60.0 Å². The molecule has 9 heteroatoms. The smallest absolute Gasteiger partial charge is 0.416 e. The summed E-state index contributed by atoms with van der Waals surface area (Å²) < 4.78 is 57.9. The second-order valence-electron chi connectivity index (χ2n) is 9.73. The molecule has 35 heavy (non-hydrogen) atoms. The van der Waals surface area contributed by atoms with Gasteiger partial charge in [0.25, 0.3) is 5.91 Å². The number of halogens is 3. The first-order valence-corrected chi connectivity index (χ1v) is 12.4. The van der Waals surface area contributed by atoms with Gasteiger partial charge in [-0.1, -0.05) is 6.08 Å². The number of rotatable bonds is 6. The molecule has 6 nitrogen and oxygen atoms in total. The molecule has 1 amide bonds. The van der Waals surface area contributed by atoms with E-state index in [2.05, 4.69) is 5.32 Å². The quantitative estimate of drug-likeness (QED) is 0.622. The van der Waals surface area contributed by atoms with Crippen molar-refractivity contribution < 1.29 is 32.2 Å². The highest BCUT2D eigenvalue weighted by molar-refractivity contribution is 6.12. The predicted octanol–water partition coefficient (Wildman–Crippen LogP) is 4.74. The lowest BCUT2D eigenvalue weighted by atomic mass is 9.95. The molecule has 0 aromatic heterocycles. The molecule has 190 valence electrons. The average molecular weight is 493 g/mol. The Kier molecular flexibility index (Phi) is 6.81. The summed E-state index contributed by atoms with van der Waals surface area (Å²) >= 11 is 0. The van der Waals surface area contributed by atoms with Gasteiger partial charge in [0.05, 0.1) is 23.3 Å². The second-order valence-corrected chi connectivity index (χ2v) is 9.73. The maximum Gasteiger partial charge on any atom is 0.416 e. The molecule has 2 saturated heterocycles. The number of anilines is 1. The van der Waals surface area contributed by atoms with Gasteiger partial charge in [0, 0.05) is 43.3 Å². The molecule has 1 aliphatic carbocycles. The van der Waals surface area contributed by atoms with Crippen LogP contribution in [-0.4, -0.2) is 50.5 Å². The highest BCUT2D eigenvalue weighted by Gasteiger charge is 2.38. The third-order valence-electron chi connectivity index (χ3n) is 7.06. The fraction of sp³-hybridized carbons (Fsp3) is 0.577. The fourth-order valence-corrected chi connectivity index (χ4v) is 5.27. The van der Waals surface area contributed by atoms with Gasteiger partial charge < -0.3 is 24.4 Å². The van der Waals surface area contributed by atoms with Crippen LogP contribution in [0.3, 0.4) is 0 Å². The molecule has 3 heterocycles. The SMILES string of the molecule is CC1CC(NC2=CCCC3=C2C(=O)N(c2cc(OCC4CCCO4)cc(C(F)(F)F)c2)C3)CCO1. The molecular weight excluding hydrogens is 461 g/mol. The zero-order chi connectivity index (χ0) is 24.6. The van der Waals surface area contributed by atoms with E-state index >= 15 is 0 Å². The molecule has 0 radical (unpaired) electrons. The van der Waals surface area contributed by atoms with E-state index < -0.39 is 11.7 Å². The zero-order valence-corrected chi connectivity index (χ0v) is 19.8. The minimum Gasteiger partial charge on any atom is -0.491 e. The summed E-state index contributed by atoms with van der Waals surface area (Å²) in [5.74, 6) is -0.184. The number of benzene rings is 1. The Bertz CT molecular complexity index is 1030. The summed E-state index contributed by atoms with van der Waals surface area (Å²) in [6.07, 6.45) is 2.43. The van der Waals surface area contributed by atoms with Crippen LogP contribution in [0.15, 0.2) is 41.1 Å². The first-order chi connectivity index (χ1) is 16.8. The van der Waals surface area contributed by atoms with Crippen LogP contribution in [0.2, 0.25) is 0 Å². The van der Waals surface area contributed by atoms with Crippen molar-refractivity contribution in [1.29, 1.82) is 0 Å². The molecule has 3 unspecified atom stereocenters. The van der Waals surface area contributed by atoms with E-state index in [9.17, 15) is 18.0 Å². The van der Waals surface area contributed by atoms with E-state index in [-0.39, 0.29) is 48.7 Å². The molecule has 4 aliphatic rings. The van der Waals surface area contributed by atoms with Gasteiger partial charge in [-0.3, -0.25) is 4.79 Å². The minimum atomic E-state index is -4.56. The van der Waals surface area contributed by atoms with Crippen molar-refractivity contribution in [1.82, 2.24) is 5.32 Å². The summed E-state index contributed by atoms with van der Waals surface area (Å²) in [5, 5.41) is 3.52. The summed E-state index contributed by atoms with van der Waals surface area (Å²) in [6, 6.07) is 3.75. The molecule has 3 atom stereocenters. The highest BCUT2D eigenvalue weighted by Crippen LogP contribution is 2.39. The summed E-state index contributed by atoms with van der Waals surface area (Å²) in [7, 11) is 0. The van der Waals surface area contributed by atoms with Gasteiger partial charge in [0.2, 0.25) is 0 Å². The standard InChI is InChI=1S/C26H31F3N2O4/c1-16-10-19(7-9-33-16)30-23-6-2-4-17-14-31(25(32)24(17)23)20-11-18(26(27,28)29)12-22(13-20)35-15-21-5-3-8-34-21/h6,11-13,16,19,21,30H,2-5,7-10,14-15H2,1H3. The number of nitrogens with one attached hydrogen (secondary N) is 1. The lowest BCUT2D eigenvalue weighted by Crippen LogP contribution is -2.39. The number of nitrogens with zero attached hydrogens (tertiary/aromatic N) is 1. The Morgan fingerprint density at radius 3 is 2.77 bits per heavy atom. The molecule has 0 spiro atoms. The molecule has 2 fully saturated rings. The lowest BCUT2D eigenvalue weighted by Gasteiger charge is -2.30. The van der Waals surface area contributed by atoms with Gasteiger partial charge in [-0.05, 0) is 63.2 Å². The summed E-state index contributed by atoms with van der Waals surface area (Å²) in [4.78, 5) is 15.0. The van der Waals surface area contributed by atoms with Crippen molar-refractivity contribution in [2.24, 2.45) is 0 Å². The van der Waals surface area contributed by atoms with Crippen LogP contribution < -0.4 is 15.0 Å². The summed E-state index contributed by atoms with van der Waals surface area (Å²) in [5.41, 5.74) is 1.70. The number of carbonyl (C=O) groups is 1. The van der Waals surface area contributed by atoms with E-state index in [0.717, 1.165) is 55.5 Å². The van der Waals surface area contributed by atoms with Crippen LogP contribution in [-0.2, 0) is 20.4 Å². The van der Waals surface area contributed by atoms with Crippen LogP contribution in [0.4, 0.5) is 18.9 Å². The molecule has 1 aromatic rings. The molecular formula is C26H31F3N2O4. The largest absolute Gasteiger partial charge is 0.491 e. The molecule has 0 saturated carbocycles. The molecule has 1 N–H and O–H groups in total. The first-order valence-electron chi connectivity index (χ1n) is 12.4. The summed E-state index contributed by atoms with van der Waals surface area (Å²) in [6.45, 7) is 3.80. The predicted molar refractivity (Wildman–Crippen MR) is 124 cm³/mol. The highest BCUT2D eigenvalue weighted by atomic mass is 19.4. The van der Waals surface area contributed by atoms with Crippen LogP contribution in [0.25, 0.3) is 0 Å². The van der Waals surface area contributed by atoms with Crippen LogP contribution >= 0.6 is 0 Å². The van der Waals surface area contributed by atoms with Crippen molar-refractivity contribution in [2.75, 3.05) is 31.3 Å². The van der Waals surface area contributed by atoms with E-state index in [1.54, 1.807) is 0 Å². The number of hydrogen-bond donors (Lipinski definition) is 1. The van der Waals surface area contributed by atoms with E-state index in [4.69, 9.17) is 14.2 Å². The maximum absolute atomic E-state index is 13.7. The van der Waals surface area contributed by atoms with E-state index in [1.165, 1.54) is 11.0 Å². The van der Waals surface area contributed by atoms with Crippen molar-refractivity contribution in [3.63, 3.8) is 0 Å². The van der Waals surface area contributed by atoms with Crippen molar-refractivity contribution in [2.45, 2.75) is 69.9 Å².